The molecule has 7 atom stereocenters. The monoisotopic (exact) mass is 418 g/mol. The SMILES string of the molecule is COC[C@@H]1C[C@H](OC(C)=O)C(=O)[C@@H]2C3(C)C[C@@H](c4ccoc4)OC[C@H]3C(=O)C[C@@]12C. The first-order chi connectivity index (χ1) is 14.2. The first-order valence-corrected chi connectivity index (χ1v) is 10.6. The molecule has 7 nitrogen and oxygen atoms in total. The van der Waals surface area contributed by atoms with E-state index < -0.39 is 28.8 Å². The van der Waals surface area contributed by atoms with E-state index in [1.807, 2.05) is 19.9 Å². The summed E-state index contributed by atoms with van der Waals surface area (Å²) >= 11 is 0. The molecule has 3 fully saturated rings. The van der Waals surface area contributed by atoms with E-state index in [2.05, 4.69) is 0 Å². The number of fused-ring (bicyclic) bond motifs is 3. The Bertz CT molecular complexity index is 831. The molecule has 0 N–H and O–H groups in total. The highest BCUT2D eigenvalue weighted by atomic mass is 16.5. The van der Waals surface area contributed by atoms with Crippen molar-refractivity contribution >= 4 is 17.5 Å². The molecule has 1 unspecified atom stereocenters. The summed E-state index contributed by atoms with van der Waals surface area (Å²) in [6.07, 6.45) is 3.42. The Balaban J connectivity index is 1.77. The lowest BCUT2D eigenvalue weighted by Gasteiger charge is -2.61. The van der Waals surface area contributed by atoms with Gasteiger partial charge in [0.1, 0.15) is 5.78 Å². The third-order valence-electron chi connectivity index (χ3n) is 7.77. The Morgan fingerprint density at radius 1 is 1.27 bits per heavy atom. The van der Waals surface area contributed by atoms with Gasteiger partial charge in [-0.2, -0.15) is 0 Å². The van der Waals surface area contributed by atoms with Crippen molar-refractivity contribution in [2.45, 2.75) is 52.2 Å². The molecule has 0 spiro atoms. The number of hydrogen-bond acceptors (Lipinski definition) is 7. The molecule has 2 aliphatic carbocycles. The minimum absolute atomic E-state index is 0.0634. The van der Waals surface area contributed by atoms with Crippen molar-refractivity contribution < 1.29 is 33.0 Å². The van der Waals surface area contributed by atoms with Crippen molar-refractivity contribution in [3.05, 3.63) is 24.2 Å². The number of Topliss-reactive ketones (excluding diaryl/α,β-unsaturated/α-hetero) is 2. The second-order valence-electron chi connectivity index (χ2n) is 9.61. The van der Waals surface area contributed by atoms with Gasteiger partial charge in [-0.15, -0.1) is 0 Å². The summed E-state index contributed by atoms with van der Waals surface area (Å²) in [6.45, 7) is 6.08. The van der Waals surface area contributed by atoms with Gasteiger partial charge in [0.2, 0.25) is 0 Å². The van der Waals surface area contributed by atoms with Gasteiger partial charge in [-0.1, -0.05) is 13.8 Å². The molecular formula is C23H30O7. The summed E-state index contributed by atoms with van der Waals surface area (Å²) in [6, 6.07) is 1.86. The van der Waals surface area contributed by atoms with E-state index in [1.165, 1.54) is 6.92 Å². The molecule has 2 heterocycles. The zero-order chi connectivity index (χ0) is 21.7. The maximum absolute atomic E-state index is 13.7. The van der Waals surface area contributed by atoms with Crippen molar-refractivity contribution in [3.63, 3.8) is 0 Å². The highest BCUT2D eigenvalue weighted by molar-refractivity contribution is 5.94. The van der Waals surface area contributed by atoms with Gasteiger partial charge in [0.25, 0.3) is 0 Å². The second-order valence-corrected chi connectivity index (χ2v) is 9.61. The van der Waals surface area contributed by atoms with Gasteiger partial charge in [0.05, 0.1) is 25.2 Å². The van der Waals surface area contributed by atoms with Crippen LogP contribution in [0.2, 0.25) is 0 Å². The molecule has 2 saturated carbocycles. The molecule has 3 aliphatic rings. The van der Waals surface area contributed by atoms with Crippen LogP contribution in [-0.2, 0) is 28.6 Å². The molecule has 164 valence electrons. The maximum Gasteiger partial charge on any atom is 0.303 e. The average molecular weight is 418 g/mol. The molecule has 7 heteroatoms. The van der Waals surface area contributed by atoms with E-state index in [4.69, 9.17) is 18.6 Å². The van der Waals surface area contributed by atoms with Crippen LogP contribution in [0.1, 0.15) is 51.7 Å². The molecule has 1 aromatic rings. The van der Waals surface area contributed by atoms with E-state index in [0.717, 1.165) is 5.56 Å². The van der Waals surface area contributed by atoms with Crippen LogP contribution in [0.3, 0.4) is 0 Å². The van der Waals surface area contributed by atoms with E-state index >= 15 is 0 Å². The number of carbonyl (C=O) groups excluding carboxylic acids is 3. The van der Waals surface area contributed by atoms with Crippen molar-refractivity contribution in [3.8, 4) is 0 Å². The van der Waals surface area contributed by atoms with Crippen LogP contribution in [0.4, 0.5) is 0 Å². The number of ketones is 2. The van der Waals surface area contributed by atoms with Gasteiger partial charge in [-0.3, -0.25) is 14.4 Å². The Kier molecular flexibility index (Phi) is 5.39. The molecule has 1 saturated heterocycles. The van der Waals surface area contributed by atoms with Crippen LogP contribution in [0, 0.1) is 28.6 Å². The average Bonchev–Trinajstić information content (AvgIpc) is 3.19. The van der Waals surface area contributed by atoms with Crippen molar-refractivity contribution in [2.24, 2.45) is 28.6 Å². The summed E-state index contributed by atoms with van der Waals surface area (Å²) in [4.78, 5) is 38.7. The summed E-state index contributed by atoms with van der Waals surface area (Å²) < 4.78 is 22.2. The lowest BCUT2D eigenvalue weighted by atomic mass is 9.43. The van der Waals surface area contributed by atoms with Crippen LogP contribution in [0.5, 0.6) is 0 Å². The largest absolute Gasteiger partial charge is 0.472 e. The zero-order valence-corrected chi connectivity index (χ0v) is 18.0. The van der Waals surface area contributed by atoms with Gasteiger partial charge >= 0.3 is 5.97 Å². The Morgan fingerprint density at radius 3 is 2.67 bits per heavy atom. The summed E-state index contributed by atoms with van der Waals surface area (Å²) in [5.74, 6) is -1.25. The normalized spacial score (nSPS) is 41.1. The first kappa shape index (κ1) is 21.2. The third-order valence-corrected chi connectivity index (χ3v) is 7.77. The predicted molar refractivity (Wildman–Crippen MR) is 105 cm³/mol. The molecule has 0 bridgehead atoms. The molecule has 0 aromatic carbocycles. The molecule has 30 heavy (non-hydrogen) atoms. The van der Waals surface area contributed by atoms with Gasteiger partial charge in [0, 0.05) is 44.5 Å². The number of esters is 1. The number of hydrogen-bond donors (Lipinski definition) is 0. The topological polar surface area (TPSA) is 92.0 Å². The third kappa shape index (κ3) is 3.23. The molecule has 1 aromatic heterocycles. The standard InChI is InChI=1S/C23H30O7/c1-13(24)30-18-7-15(11-27-4)22(2)8-17(25)16-12-29-19(14-5-6-28-10-14)9-23(16,3)21(22)20(18)26/h5-6,10,15-16,18-19,21H,7-9,11-12H2,1-4H3/t15-,16-,18-,19-,21-,22-,23?/m0/s1. The molecule has 0 amide bonds. The molecule has 1 aliphatic heterocycles. The highest BCUT2D eigenvalue weighted by Crippen LogP contribution is 2.63. The number of methoxy groups -OCH3 is 1. The summed E-state index contributed by atoms with van der Waals surface area (Å²) in [5, 5.41) is 0. The van der Waals surface area contributed by atoms with Gasteiger partial charge in [-0.25, -0.2) is 0 Å². The summed E-state index contributed by atoms with van der Waals surface area (Å²) in [5.41, 5.74) is -0.251. The maximum atomic E-state index is 13.7. The van der Waals surface area contributed by atoms with E-state index in [0.29, 0.717) is 25.9 Å². The van der Waals surface area contributed by atoms with Crippen LogP contribution in [0.25, 0.3) is 0 Å². The first-order valence-electron chi connectivity index (χ1n) is 10.6. The quantitative estimate of drug-likeness (QED) is 0.694. The van der Waals surface area contributed by atoms with Gasteiger partial charge in [-0.05, 0) is 35.7 Å². The van der Waals surface area contributed by atoms with Crippen molar-refractivity contribution in [2.75, 3.05) is 20.3 Å². The Morgan fingerprint density at radius 2 is 2.03 bits per heavy atom. The molecular weight excluding hydrogens is 388 g/mol. The smallest absolute Gasteiger partial charge is 0.303 e. The fourth-order valence-corrected chi connectivity index (χ4v) is 6.44. The minimum atomic E-state index is -0.804. The van der Waals surface area contributed by atoms with Crippen molar-refractivity contribution in [1.29, 1.82) is 0 Å². The lowest BCUT2D eigenvalue weighted by Crippen LogP contribution is -2.65. The van der Waals surface area contributed by atoms with Gasteiger partial charge < -0.3 is 18.6 Å². The Hall–Kier alpha value is -1.99. The molecule has 4 rings (SSSR count). The predicted octanol–water partition coefficient (Wildman–Crippen LogP) is 3.13. The minimum Gasteiger partial charge on any atom is -0.472 e. The second kappa shape index (κ2) is 7.61. The molecule has 0 radical (unpaired) electrons. The highest BCUT2D eigenvalue weighted by Gasteiger charge is 2.66. The van der Waals surface area contributed by atoms with E-state index in [9.17, 15) is 14.4 Å². The van der Waals surface area contributed by atoms with E-state index in [-0.39, 0.29) is 36.1 Å². The van der Waals surface area contributed by atoms with Crippen LogP contribution >= 0.6 is 0 Å². The van der Waals surface area contributed by atoms with Crippen molar-refractivity contribution in [1.82, 2.24) is 0 Å². The van der Waals surface area contributed by atoms with E-state index in [1.54, 1.807) is 19.6 Å². The van der Waals surface area contributed by atoms with Crippen LogP contribution < -0.4 is 0 Å². The number of ether oxygens (including phenoxy) is 3. The number of carbonyl (C=O) groups is 3. The number of furan rings is 1. The number of rotatable bonds is 4. The van der Waals surface area contributed by atoms with Crippen LogP contribution in [0.15, 0.2) is 23.0 Å². The zero-order valence-electron chi connectivity index (χ0n) is 18.0. The fourth-order valence-electron chi connectivity index (χ4n) is 6.44. The van der Waals surface area contributed by atoms with Crippen LogP contribution in [-0.4, -0.2) is 44.0 Å². The lowest BCUT2D eigenvalue weighted by molar-refractivity contribution is -0.205. The Labute approximate surface area is 176 Å². The summed E-state index contributed by atoms with van der Waals surface area (Å²) in [7, 11) is 1.62. The van der Waals surface area contributed by atoms with Gasteiger partial charge in [0.15, 0.2) is 11.9 Å². The fraction of sp³-hybridized carbons (Fsp3) is 0.696.